The molecule has 4 heterocycles. The van der Waals surface area contributed by atoms with Crippen LogP contribution in [0.25, 0.3) is 0 Å². The van der Waals surface area contributed by atoms with Crippen LogP contribution in [0.5, 0.6) is 0 Å². The van der Waals surface area contributed by atoms with Crippen molar-refractivity contribution in [2.75, 3.05) is 68.0 Å². The van der Waals surface area contributed by atoms with E-state index in [1.165, 1.54) is 10.7 Å². The van der Waals surface area contributed by atoms with E-state index < -0.39 is 11.9 Å². The van der Waals surface area contributed by atoms with Gasteiger partial charge in [-0.15, -0.1) is 4.68 Å². The van der Waals surface area contributed by atoms with Crippen molar-refractivity contribution in [3.05, 3.63) is 53.0 Å². The summed E-state index contributed by atoms with van der Waals surface area (Å²) in [6.45, 7) is 15.3. The number of nitrogens with zero attached hydrogens (tertiary/aromatic N) is 7. The highest BCUT2D eigenvalue weighted by atomic mass is 19.1. The smallest absolute Gasteiger partial charge is 0.436 e. The molecule has 12 nitrogen and oxygen atoms in total. The molecule has 1 amide bonds. The number of likely N-dealkylation sites (tertiary alicyclic amines) is 1. The molecule has 0 aliphatic carbocycles. The van der Waals surface area contributed by atoms with Crippen molar-refractivity contribution in [1.82, 2.24) is 29.5 Å². The van der Waals surface area contributed by atoms with Crippen LogP contribution in [-0.2, 0) is 4.74 Å². The average Bonchev–Trinajstić information content (AvgIpc) is 3.61. The van der Waals surface area contributed by atoms with Gasteiger partial charge in [-0.25, -0.2) is 9.18 Å². The number of nitrogens with one attached hydrogen (secondary N) is 2. The minimum Gasteiger partial charge on any atom is -0.448 e. The first-order valence-electron chi connectivity index (χ1n) is 15.3. The summed E-state index contributed by atoms with van der Waals surface area (Å²) in [5, 5.41) is 11.0. The predicted octanol–water partition coefficient (Wildman–Crippen LogP) is 4.28. The van der Waals surface area contributed by atoms with Crippen molar-refractivity contribution in [1.29, 1.82) is 0 Å². The number of aromatic nitrogens is 4. The molecule has 2 N–H and O–H groups in total. The zero-order valence-corrected chi connectivity index (χ0v) is 26.1. The van der Waals surface area contributed by atoms with Gasteiger partial charge in [-0.05, 0) is 50.4 Å². The Morgan fingerprint density at radius 3 is 2.55 bits per heavy atom. The summed E-state index contributed by atoms with van der Waals surface area (Å²) in [7, 11) is 0. The summed E-state index contributed by atoms with van der Waals surface area (Å²) in [5.41, 5.74) is 1.49. The zero-order valence-electron chi connectivity index (χ0n) is 26.1. The van der Waals surface area contributed by atoms with Gasteiger partial charge in [-0.1, -0.05) is 26.8 Å². The van der Waals surface area contributed by atoms with Crippen LogP contribution in [0.1, 0.15) is 48.8 Å². The number of anilines is 4. The van der Waals surface area contributed by atoms with Gasteiger partial charge in [0.2, 0.25) is 5.95 Å². The van der Waals surface area contributed by atoms with Gasteiger partial charge in [0, 0.05) is 57.4 Å². The highest BCUT2D eigenvalue weighted by Gasteiger charge is 2.29. The highest BCUT2D eigenvalue weighted by Crippen LogP contribution is 2.25. The van der Waals surface area contributed by atoms with Crippen LogP contribution in [0, 0.1) is 25.6 Å². The third-order valence-corrected chi connectivity index (χ3v) is 7.82. The maximum Gasteiger partial charge on any atom is 0.436 e. The molecule has 2 aliphatic heterocycles. The Kier molecular flexibility index (Phi) is 9.62. The lowest BCUT2D eigenvalue weighted by Gasteiger charge is -2.35. The van der Waals surface area contributed by atoms with E-state index in [1.54, 1.807) is 36.9 Å². The number of benzene rings is 1. The van der Waals surface area contributed by atoms with Gasteiger partial charge in [0.05, 0.1) is 17.9 Å². The van der Waals surface area contributed by atoms with Gasteiger partial charge >= 0.3 is 6.09 Å². The minimum absolute atomic E-state index is 0.0750. The van der Waals surface area contributed by atoms with E-state index >= 15 is 0 Å². The number of ether oxygens (including phenoxy) is 1. The lowest BCUT2D eigenvalue weighted by molar-refractivity contribution is 0.0787. The number of amides is 1. The lowest BCUT2D eigenvalue weighted by atomic mass is 10.1. The fraction of sp³-hybridized carbons (Fsp3) is 0.516. The van der Waals surface area contributed by atoms with Crippen molar-refractivity contribution in [2.24, 2.45) is 5.92 Å². The number of carbonyl (C=O) groups is 2. The molecule has 0 bridgehead atoms. The van der Waals surface area contributed by atoms with Gasteiger partial charge in [0.25, 0.3) is 5.91 Å². The van der Waals surface area contributed by atoms with Gasteiger partial charge in [-0.3, -0.25) is 4.79 Å². The maximum absolute atomic E-state index is 14.5. The molecule has 0 radical (unpaired) electrons. The number of hydrogen-bond acceptors (Lipinski definition) is 10. The second-order valence-electron chi connectivity index (χ2n) is 11.9. The molecule has 1 aromatic carbocycles. The van der Waals surface area contributed by atoms with Crippen LogP contribution in [0.15, 0.2) is 30.3 Å². The highest BCUT2D eigenvalue weighted by molar-refractivity contribution is 5.94. The molecule has 2 saturated heterocycles. The molecule has 5 rings (SSSR count). The summed E-state index contributed by atoms with van der Waals surface area (Å²) in [5.74, 6) is 1.42. The molecule has 2 fully saturated rings. The number of likely N-dealkylation sites (N-methyl/N-ethyl adjacent to an activating group) is 1. The van der Waals surface area contributed by atoms with Crippen LogP contribution < -0.4 is 15.5 Å². The van der Waals surface area contributed by atoms with E-state index in [0.29, 0.717) is 42.8 Å². The van der Waals surface area contributed by atoms with Crippen molar-refractivity contribution >= 4 is 35.4 Å². The zero-order chi connectivity index (χ0) is 31.4. The molecular weight excluding hydrogens is 565 g/mol. The molecule has 3 aromatic rings. The van der Waals surface area contributed by atoms with E-state index in [1.807, 2.05) is 19.9 Å². The van der Waals surface area contributed by atoms with Crippen molar-refractivity contribution in [2.45, 2.75) is 47.1 Å². The van der Waals surface area contributed by atoms with Crippen molar-refractivity contribution in [3.63, 3.8) is 0 Å². The predicted molar refractivity (Wildman–Crippen MR) is 167 cm³/mol. The minimum atomic E-state index is -0.571. The third-order valence-electron chi connectivity index (χ3n) is 7.82. The number of rotatable bonds is 9. The molecule has 2 aliphatic rings. The second-order valence-corrected chi connectivity index (χ2v) is 11.9. The number of carbonyl (C=O) groups excluding carboxylic acids is 2. The average molecular weight is 608 g/mol. The molecule has 0 saturated carbocycles. The normalized spacial score (nSPS) is 17.3. The lowest BCUT2D eigenvalue weighted by Crippen LogP contribution is -2.46. The topological polar surface area (TPSA) is 121 Å². The molecular formula is C31H42FN9O3. The maximum atomic E-state index is 14.5. The summed E-state index contributed by atoms with van der Waals surface area (Å²) in [4.78, 5) is 41.7. The van der Waals surface area contributed by atoms with E-state index in [-0.39, 0.29) is 30.0 Å². The first-order chi connectivity index (χ1) is 21.1. The van der Waals surface area contributed by atoms with Crippen LogP contribution in [0.3, 0.4) is 0 Å². The van der Waals surface area contributed by atoms with E-state index in [0.717, 1.165) is 44.1 Å². The van der Waals surface area contributed by atoms with Crippen molar-refractivity contribution < 1.29 is 18.7 Å². The number of piperazine rings is 1. The number of hydrogen-bond donors (Lipinski definition) is 2. The fourth-order valence-electron chi connectivity index (χ4n) is 5.39. The Labute approximate surface area is 257 Å². The molecule has 0 unspecified atom stereocenters. The Balaban J connectivity index is 1.36. The van der Waals surface area contributed by atoms with Gasteiger partial charge in [-0.2, -0.15) is 15.1 Å². The molecule has 2 aromatic heterocycles. The Morgan fingerprint density at radius 2 is 1.84 bits per heavy atom. The Bertz CT molecular complexity index is 1490. The summed E-state index contributed by atoms with van der Waals surface area (Å²) in [6.07, 6.45) is 0.0941. The van der Waals surface area contributed by atoms with Crippen LogP contribution >= 0.6 is 0 Å². The monoisotopic (exact) mass is 607 g/mol. The van der Waals surface area contributed by atoms with Crippen LogP contribution in [0.4, 0.5) is 32.6 Å². The van der Waals surface area contributed by atoms with Crippen molar-refractivity contribution in [3.8, 4) is 0 Å². The van der Waals surface area contributed by atoms with Gasteiger partial charge in [0.1, 0.15) is 23.3 Å². The molecule has 0 spiro atoms. The SMILES string of the molecule is CCN1CCN(c2cc(Nc3cc(C)nn3C(=O)OCC(C)C)nc(N[C@H]3CCN(C(=O)c4ccc(C)cc4F)C3)n2)CC1. The molecule has 44 heavy (non-hydrogen) atoms. The number of halogens is 1. The molecule has 236 valence electrons. The molecule has 1 atom stereocenters. The first-order valence-corrected chi connectivity index (χ1v) is 15.3. The third kappa shape index (κ3) is 7.44. The molecule has 13 heteroatoms. The standard InChI is InChI=1S/C31H42FN9O3/c1-6-38-11-13-39(14-12-38)27-17-26(34-28-16-22(5)37-41(28)31(43)44-19-20(2)3)35-30(36-27)33-23-9-10-40(18-23)29(42)24-8-7-21(4)15-25(24)32/h7-8,15-17,20,23H,6,9-14,18-19H2,1-5H3,(H2,33,34,35,36)/t23-/m0/s1. The Morgan fingerprint density at radius 1 is 1.07 bits per heavy atom. The number of aryl methyl sites for hydroxylation is 2. The van der Waals surface area contributed by atoms with Crippen LogP contribution in [-0.4, -0.2) is 100 Å². The summed E-state index contributed by atoms with van der Waals surface area (Å²) >= 11 is 0. The van der Waals surface area contributed by atoms with E-state index in [9.17, 15) is 14.0 Å². The van der Waals surface area contributed by atoms with Crippen LogP contribution in [0.2, 0.25) is 0 Å². The summed E-state index contributed by atoms with van der Waals surface area (Å²) < 4.78 is 21.1. The summed E-state index contributed by atoms with van der Waals surface area (Å²) in [6, 6.07) is 8.17. The largest absolute Gasteiger partial charge is 0.448 e. The quantitative estimate of drug-likeness (QED) is 0.365. The fourth-order valence-corrected chi connectivity index (χ4v) is 5.39. The van der Waals surface area contributed by atoms with E-state index in [2.05, 4.69) is 32.5 Å². The van der Waals surface area contributed by atoms with Gasteiger partial charge in [0.15, 0.2) is 0 Å². The Hall–Kier alpha value is -4.26. The van der Waals surface area contributed by atoms with Gasteiger partial charge < -0.3 is 30.1 Å². The second kappa shape index (κ2) is 13.6. The first kappa shape index (κ1) is 31.2. The van der Waals surface area contributed by atoms with E-state index in [4.69, 9.17) is 14.7 Å².